The summed E-state index contributed by atoms with van der Waals surface area (Å²) in [6.07, 6.45) is 0. The van der Waals surface area contributed by atoms with Gasteiger partial charge in [-0.25, -0.2) is 0 Å². The third-order valence-electron chi connectivity index (χ3n) is 3.04. The molecule has 0 aliphatic carbocycles. The Hall–Kier alpha value is -1.62. The SMILES string of the molecule is Cc1ccccc1-c1noc(C2CSCC2=O)n1. The maximum Gasteiger partial charge on any atom is 0.238 e. The number of thioether (sulfide) groups is 1. The van der Waals surface area contributed by atoms with Crippen LogP contribution >= 0.6 is 11.8 Å². The van der Waals surface area contributed by atoms with Crippen molar-refractivity contribution in [2.75, 3.05) is 11.5 Å². The molecule has 1 saturated heterocycles. The highest BCUT2D eigenvalue weighted by atomic mass is 32.2. The van der Waals surface area contributed by atoms with Crippen LogP contribution < -0.4 is 0 Å². The molecular weight excluding hydrogens is 248 g/mol. The van der Waals surface area contributed by atoms with Gasteiger partial charge in [0, 0.05) is 11.3 Å². The molecule has 1 atom stereocenters. The number of aryl methyl sites for hydroxylation is 1. The standard InChI is InChI=1S/C13H12N2O2S/c1-8-4-2-3-5-9(8)12-14-13(17-15-12)10-6-18-7-11(10)16/h2-5,10H,6-7H2,1H3. The number of nitrogens with zero attached hydrogens (tertiary/aromatic N) is 2. The topological polar surface area (TPSA) is 56.0 Å². The first-order valence-corrected chi connectivity index (χ1v) is 6.91. The van der Waals surface area contributed by atoms with Gasteiger partial charge in [0.2, 0.25) is 11.7 Å². The van der Waals surface area contributed by atoms with E-state index in [9.17, 15) is 4.79 Å². The van der Waals surface area contributed by atoms with Crippen LogP contribution in [0.3, 0.4) is 0 Å². The lowest BCUT2D eigenvalue weighted by atomic mass is 10.1. The van der Waals surface area contributed by atoms with Crippen molar-refractivity contribution < 1.29 is 9.32 Å². The van der Waals surface area contributed by atoms with Crippen molar-refractivity contribution in [3.63, 3.8) is 0 Å². The van der Waals surface area contributed by atoms with Crippen molar-refractivity contribution in [1.82, 2.24) is 10.1 Å². The summed E-state index contributed by atoms with van der Waals surface area (Å²) in [6.45, 7) is 2.00. The smallest absolute Gasteiger partial charge is 0.238 e. The number of Topliss-reactive ketones (excluding diaryl/α,β-unsaturated/α-hetero) is 1. The molecule has 1 aromatic carbocycles. The molecule has 1 aromatic heterocycles. The number of carbonyl (C=O) groups excluding carboxylic acids is 1. The minimum Gasteiger partial charge on any atom is -0.338 e. The zero-order valence-electron chi connectivity index (χ0n) is 9.92. The van der Waals surface area contributed by atoms with Crippen LogP contribution in [0.15, 0.2) is 28.8 Å². The highest BCUT2D eigenvalue weighted by molar-refractivity contribution is 8.00. The van der Waals surface area contributed by atoms with Crippen molar-refractivity contribution in [2.24, 2.45) is 0 Å². The van der Waals surface area contributed by atoms with Crippen molar-refractivity contribution in [3.8, 4) is 11.4 Å². The number of hydrogen-bond acceptors (Lipinski definition) is 5. The molecule has 92 valence electrons. The van der Waals surface area contributed by atoms with Gasteiger partial charge in [-0.2, -0.15) is 16.7 Å². The van der Waals surface area contributed by atoms with Crippen LogP contribution in [0, 0.1) is 6.92 Å². The van der Waals surface area contributed by atoms with Gasteiger partial charge in [-0.1, -0.05) is 29.4 Å². The zero-order valence-corrected chi connectivity index (χ0v) is 10.7. The van der Waals surface area contributed by atoms with Crippen molar-refractivity contribution in [3.05, 3.63) is 35.7 Å². The van der Waals surface area contributed by atoms with E-state index in [-0.39, 0.29) is 11.7 Å². The van der Waals surface area contributed by atoms with E-state index in [1.807, 2.05) is 31.2 Å². The predicted octanol–water partition coefficient (Wildman–Crippen LogP) is 2.44. The first-order chi connectivity index (χ1) is 8.75. The van der Waals surface area contributed by atoms with Gasteiger partial charge >= 0.3 is 0 Å². The second-order valence-electron chi connectivity index (χ2n) is 4.31. The minimum atomic E-state index is -0.222. The second kappa shape index (κ2) is 4.57. The Labute approximate surface area is 109 Å². The molecule has 1 unspecified atom stereocenters. The van der Waals surface area contributed by atoms with Gasteiger partial charge in [-0.3, -0.25) is 4.79 Å². The van der Waals surface area contributed by atoms with E-state index < -0.39 is 0 Å². The number of hydrogen-bond donors (Lipinski definition) is 0. The molecule has 1 aliphatic heterocycles. The van der Waals surface area contributed by atoms with Gasteiger partial charge in [-0.15, -0.1) is 0 Å². The molecule has 0 spiro atoms. The first kappa shape index (κ1) is 11.5. The fourth-order valence-corrected chi connectivity index (χ4v) is 3.07. The van der Waals surface area contributed by atoms with E-state index >= 15 is 0 Å². The summed E-state index contributed by atoms with van der Waals surface area (Å²) in [7, 11) is 0. The lowest BCUT2D eigenvalue weighted by Gasteiger charge is -1.99. The van der Waals surface area contributed by atoms with Gasteiger partial charge < -0.3 is 4.52 Å². The summed E-state index contributed by atoms with van der Waals surface area (Å²) in [5, 5.41) is 3.98. The maximum atomic E-state index is 11.6. The Bertz CT molecular complexity index is 594. The monoisotopic (exact) mass is 260 g/mol. The average Bonchev–Trinajstić information content (AvgIpc) is 2.98. The number of aromatic nitrogens is 2. The van der Waals surface area contributed by atoms with Crippen LogP contribution in [0.25, 0.3) is 11.4 Å². The summed E-state index contributed by atoms with van der Waals surface area (Å²) in [5.41, 5.74) is 2.04. The summed E-state index contributed by atoms with van der Waals surface area (Å²) < 4.78 is 5.23. The molecular formula is C13H12N2O2S. The van der Waals surface area contributed by atoms with Crippen LogP contribution in [0.2, 0.25) is 0 Å². The molecule has 0 bridgehead atoms. The lowest BCUT2D eigenvalue weighted by Crippen LogP contribution is -2.09. The van der Waals surface area contributed by atoms with E-state index in [0.717, 1.165) is 16.9 Å². The molecule has 5 heteroatoms. The summed E-state index contributed by atoms with van der Waals surface area (Å²) in [6, 6.07) is 7.86. The van der Waals surface area contributed by atoms with Gasteiger partial charge in [0.1, 0.15) is 5.92 Å². The molecule has 2 heterocycles. The molecule has 1 fully saturated rings. The molecule has 2 aromatic rings. The highest BCUT2D eigenvalue weighted by Gasteiger charge is 2.31. The van der Waals surface area contributed by atoms with Gasteiger partial charge in [0.15, 0.2) is 5.78 Å². The Morgan fingerprint density at radius 1 is 1.39 bits per heavy atom. The molecule has 3 rings (SSSR count). The second-order valence-corrected chi connectivity index (χ2v) is 5.34. The van der Waals surface area contributed by atoms with E-state index in [4.69, 9.17) is 4.52 Å². The largest absolute Gasteiger partial charge is 0.338 e. The molecule has 0 N–H and O–H groups in total. The third kappa shape index (κ3) is 1.95. The Morgan fingerprint density at radius 3 is 2.94 bits per heavy atom. The minimum absolute atomic E-state index is 0.181. The predicted molar refractivity (Wildman–Crippen MR) is 69.5 cm³/mol. The molecule has 0 amide bonds. The van der Waals surface area contributed by atoms with Crippen molar-refractivity contribution in [1.29, 1.82) is 0 Å². The fraction of sp³-hybridized carbons (Fsp3) is 0.308. The molecule has 1 aliphatic rings. The van der Waals surface area contributed by atoms with Crippen molar-refractivity contribution in [2.45, 2.75) is 12.8 Å². The molecule has 4 nitrogen and oxygen atoms in total. The number of rotatable bonds is 2. The van der Waals surface area contributed by atoms with Gasteiger partial charge in [0.05, 0.1) is 5.75 Å². The summed E-state index contributed by atoms with van der Waals surface area (Å²) in [4.78, 5) is 16.0. The van der Waals surface area contributed by atoms with E-state index in [2.05, 4.69) is 10.1 Å². The molecule has 0 saturated carbocycles. The summed E-state index contributed by atoms with van der Waals surface area (Å²) >= 11 is 1.62. The first-order valence-electron chi connectivity index (χ1n) is 5.76. The average molecular weight is 260 g/mol. The highest BCUT2D eigenvalue weighted by Crippen LogP contribution is 2.30. The van der Waals surface area contributed by atoms with E-state index in [1.54, 1.807) is 11.8 Å². The Balaban J connectivity index is 1.95. The van der Waals surface area contributed by atoms with E-state index in [1.165, 1.54) is 0 Å². The molecule has 0 radical (unpaired) electrons. The van der Waals surface area contributed by atoms with Crippen LogP contribution in [0.1, 0.15) is 17.4 Å². The van der Waals surface area contributed by atoms with Crippen LogP contribution in [-0.4, -0.2) is 27.4 Å². The Morgan fingerprint density at radius 2 is 2.22 bits per heavy atom. The quantitative estimate of drug-likeness (QED) is 0.830. The number of benzene rings is 1. The normalized spacial score (nSPS) is 19.4. The van der Waals surface area contributed by atoms with Crippen LogP contribution in [0.5, 0.6) is 0 Å². The number of ketones is 1. The maximum absolute atomic E-state index is 11.6. The summed E-state index contributed by atoms with van der Waals surface area (Å²) in [5.74, 6) is 2.26. The van der Waals surface area contributed by atoms with Gasteiger partial charge in [-0.05, 0) is 12.5 Å². The van der Waals surface area contributed by atoms with Crippen LogP contribution in [-0.2, 0) is 4.79 Å². The fourth-order valence-electron chi connectivity index (χ4n) is 1.99. The van der Waals surface area contributed by atoms with Gasteiger partial charge in [0.25, 0.3) is 0 Å². The van der Waals surface area contributed by atoms with Crippen LogP contribution in [0.4, 0.5) is 0 Å². The van der Waals surface area contributed by atoms with E-state index in [0.29, 0.717) is 17.5 Å². The van der Waals surface area contributed by atoms with Crippen molar-refractivity contribution >= 4 is 17.5 Å². The third-order valence-corrected chi connectivity index (χ3v) is 4.10. The molecule has 18 heavy (non-hydrogen) atoms. The zero-order chi connectivity index (χ0) is 12.5. The number of carbonyl (C=O) groups is 1. The lowest BCUT2D eigenvalue weighted by molar-refractivity contribution is -0.117. The Kier molecular flexibility index (Phi) is 2.91.